The second-order valence-corrected chi connectivity index (χ2v) is 7.24. The average molecular weight is 346 g/mol. The van der Waals surface area contributed by atoms with Crippen LogP contribution in [0.3, 0.4) is 0 Å². The van der Waals surface area contributed by atoms with E-state index in [4.69, 9.17) is 4.74 Å². The molecular weight excluding hydrogens is 314 g/mol. The molecule has 3 aliphatic rings. The highest BCUT2D eigenvalue weighted by Crippen LogP contribution is 2.33. The lowest BCUT2D eigenvalue weighted by Gasteiger charge is -2.48. The van der Waals surface area contributed by atoms with Crippen LogP contribution in [0.15, 0.2) is 0 Å². The van der Waals surface area contributed by atoms with Crippen LogP contribution in [0.5, 0.6) is 0 Å². The van der Waals surface area contributed by atoms with E-state index in [0.717, 1.165) is 45.3 Å². The Kier molecular flexibility index (Phi) is 7.60. The number of morpholine rings is 1. The summed E-state index contributed by atoms with van der Waals surface area (Å²) in [6.45, 7) is 5.96. The summed E-state index contributed by atoms with van der Waals surface area (Å²) in [5.41, 5.74) is 0.175. The van der Waals surface area contributed by atoms with Gasteiger partial charge in [-0.2, -0.15) is 0 Å². The molecule has 5 nitrogen and oxygen atoms in total. The lowest BCUT2D eigenvalue weighted by atomic mass is 9.79. The smallest absolute Gasteiger partial charge is 0.234 e. The van der Waals surface area contributed by atoms with E-state index in [9.17, 15) is 4.79 Å². The van der Waals surface area contributed by atoms with Crippen LogP contribution in [-0.2, 0) is 9.53 Å². The summed E-state index contributed by atoms with van der Waals surface area (Å²) in [6, 6.07) is 0. The van der Waals surface area contributed by atoms with Crippen molar-refractivity contribution < 1.29 is 9.53 Å². The maximum Gasteiger partial charge on any atom is 0.234 e. The molecule has 1 saturated heterocycles. The minimum Gasteiger partial charge on any atom is -0.379 e. The first-order valence-corrected chi connectivity index (χ1v) is 9.09. The first-order chi connectivity index (χ1) is 10.8. The Morgan fingerprint density at radius 2 is 1.83 bits per heavy atom. The molecule has 23 heavy (non-hydrogen) atoms. The Bertz CT molecular complexity index is 365. The molecule has 2 aliphatic carbocycles. The van der Waals surface area contributed by atoms with Crippen molar-refractivity contribution in [2.24, 2.45) is 5.92 Å². The zero-order valence-corrected chi connectivity index (χ0v) is 15.0. The Balaban J connectivity index is 0.00000192. The van der Waals surface area contributed by atoms with E-state index >= 15 is 0 Å². The van der Waals surface area contributed by atoms with Crippen LogP contribution in [0.25, 0.3) is 0 Å². The van der Waals surface area contributed by atoms with Gasteiger partial charge in [-0.3, -0.25) is 9.69 Å². The van der Waals surface area contributed by atoms with Gasteiger partial charge < -0.3 is 15.4 Å². The van der Waals surface area contributed by atoms with Crippen molar-refractivity contribution in [1.29, 1.82) is 0 Å². The number of hydrogen-bond donors (Lipinski definition) is 2. The standard InChI is InChI=1S/C17H31N3O2.ClH/c21-16(13-18-12-15-4-5-15)19-14-17(6-2-1-3-7-17)20-8-10-22-11-9-20;/h15,18H,1-14H2,(H,19,21);1H. The molecule has 3 fully saturated rings. The fraction of sp³-hybridized carbons (Fsp3) is 0.941. The number of carbonyl (C=O) groups is 1. The van der Waals surface area contributed by atoms with Crippen LogP contribution in [0.4, 0.5) is 0 Å². The first kappa shape index (κ1) is 19.0. The van der Waals surface area contributed by atoms with Gasteiger partial charge in [-0.1, -0.05) is 19.3 Å². The van der Waals surface area contributed by atoms with Gasteiger partial charge in [0, 0.05) is 25.2 Å². The topological polar surface area (TPSA) is 53.6 Å². The van der Waals surface area contributed by atoms with Crippen molar-refractivity contribution in [2.75, 3.05) is 45.9 Å². The molecule has 0 atom stereocenters. The van der Waals surface area contributed by atoms with Gasteiger partial charge in [0.15, 0.2) is 0 Å². The van der Waals surface area contributed by atoms with E-state index < -0.39 is 0 Å². The summed E-state index contributed by atoms with van der Waals surface area (Å²) in [4.78, 5) is 14.7. The molecule has 0 radical (unpaired) electrons. The normalized spacial score (nSPS) is 24.7. The number of hydrogen-bond acceptors (Lipinski definition) is 4. The molecule has 134 valence electrons. The minimum absolute atomic E-state index is 0. The molecule has 0 aromatic rings. The summed E-state index contributed by atoms with van der Waals surface area (Å²) in [7, 11) is 0. The van der Waals surface area contributed by atoms with Gasteiger partial charge in [-0.05, 0) is 38.1 Å². The fourth-order valence-corrected chi connectivity index (χ4v) is 3.89. The maximum atomic E-state index is 12.1. The van der Waals surface area contributed by atoms with E-state index in [1.165, 1.54) is 44.9 Å². The Morgan fingerprint density at radius 3 is 2.48 bits per heavy atom. The van der Waals surface area contributed by atoms with E-state index in [-0.39, 0.29) is 23.9 Å². The van der Waals surface area contributed by atoms with Crippen LogP contribution in [0, 0.1) is 5.92 Å². The highest BCUT2D eigenvalue weighted by Gasteiger charge is 2.38. The number of halogens is 1. The molecule has 0 aromatic heterocycles. The molecule has 0 unspecified atom stereocenters. The molecule has 1 amide bonds. The first-order valence-electron chi connectivity index (χ1n) is 9.09. The number of nitrogens with zero attached hydrogens (tertiary/aromatic N) is 1. The third-order valence-corrected chi connectivity index (χ3v) is 5.50. The molecule has 6 heteroatoms. The predicted molar refractivity (Wildman–Crippen MR) is 94.1 cm³/mol. The zero-order chi connectivity index (χ0) is 15.3. The second kappa shape index (κ2) is 9.21. The molecule has 0 aromatic carbocycles. The van der Waals surface area contributed by atoms with Gasteiger partial charge in [0.2, 0.25) is 5.91 Å². The van der Waals surface area contributed by atoms with Crippen LogP contribution in [-0.4, -0.2) is 62.3 Å². The Hall–Kier alpha value is -0.360. The largest absolute Gasteiger partial charge is 0.379 e. The van der Waals surface area contributed by atoms with Crippen molar-refractivity contribution in [2.45, 2.75) is 50.5 Å². The van der Waals surface area contributed by atoms with E-state index in [1.54, 1.807) is 0 Å². The molecule has 0 spiro atoms. The summed E-state index contributed by atoms with van der Waals surface area (Å²) in [5, 5.41) is 6.48. The summed E-state index contributed by atoms with van der Waals surface area (Å²) < 4.78 is 5.50. The SMILES string of the molecule is Cl.O=C(CNCC1CC1)NCC1(N2CCOCC2)CCCCC1. The number of rotatable bonds is 7. The number of carbonyl (C=O) groups excluding carboxylic acids is 1. The van der Waals surface area contributed by atoms with Crippen LogP contribution in [0.2, 0.25) is 0 Å². The third kappa shape index (κ3) is 5.59. The quantitative estimate of drug-likeness (QED) is 0.735. The number of nitrogens with one attached hydrogen (secondary N) is 2. The Labute approximate surface area is 146 Å². The van der Waals surface area contributed by atoms with Gasteiger partial charge in [-0.15, -0.1) is 12.4 Å². The maximum absolute atomic E-state index is 12.1. The molecular formula is C17H32ClN3O2. The third-order valence-electron chi connectivity index (χ3n) is 5.50. The summed E-state index contributed by atoms with van der Waals surface area (Å²) in [6.07, 6.45) is 8.98. The zero-order valence-electron chi connectivity index (χ0n) is 14.1. The highest BCUT2D eigenvalue weighted by atomic mass is 35.5. The van der Waals surface area contributed by atoms with E-state index in [1.807, 2.05) is 0 Å². The molecule has 2 N–H and O–H groups in total. The lowest BCUT2D eigenvalue weighted by Crippen LogP contribution is -2.60. The molecule has 3 rings (SSSR count). The van der Waals surface area contributed by atoms with Gasteiger partial charge in [0.25, 0.3) is 0 Å². The van der Waals surface area contributed by atoms with Gasteiger partial charge >= 0.3 is 0 Å². The molecule has 2 saturated carbocycles. The summed E-state index contributed by atoms with van der Waals surface area (Å²) >= 11 is 0. The number of amides is 1. The fourth-order valence-electron chi connectivity index (χ4n) is 3.89. The Morgan fingerprint density at radius 1 is 1.13 bits per heavy atom. The van der Waals surface area contributed by atoms with E-state index in [0.29, 0.717) is 6.54 Å². The summed E-state index contributed by atoms with van der Waals surface area (Å²) in [5.74, 6) is 0.977. The minimum atomic E-state index is 0. The molecule has 1 aliphatic heterocycles. The molecule has 0 bridgehead atoms. The van der Waals surface area contributed by atoms with Crippen molar-refractivity contribution in [3.63, 3.8) is 0 Å². The highest BCUT2D eigenvalue weighted by molar-refractivity contribution is 5.85. The van der Waals surface area contributed by atoms with Gasteiger partial charge in [-0.25, -0.2) is 0 Å². The van der Waals surface area contributed by atoms with Crippen molar-refractivity contribution in [1.82, 2.24) is 15.5 Å². The lowest BCUT2D eigenvalue weighted by molar-refractivity contribution is -0.121. The average Bonchev–Trinajstić information content (AvgIpc) is 3.39. The van der Waals surface area contributed by atoms with Gasteiger partial charge in [0.05, 0.1) is 19.8 Å². The predicted octanol–water partition coefficient (Wildman–Crippen LogP) is 1.56. The van der Waals surface area contributed by atoms with Crippen molar-refractivity contribution in [3.8, 4) is 0 Å². The monoisotopic (exact) mass is 345 g/mol. The van der Waals surface area contributed by atoms with Crippen LogP contribution < -0.4 is 10.6 Å². The second-order valence-electron chi connectivity index (χ2n) is 7.24. The van der Waals surface area contributed by atoms with E-state index in [2.05, 4.69) is 15.5 Å². The van der Waals surface area contributed by atoms with Crippen LogP contribution >= 0.6 is 12.4 Å². The van der Waals surface area contributed by atoms with Crippen molar-refractivity contribution in [3.05, 3.63) is 0 Å². The number of ether oxygens (including phenoxy) is 1. The van der Waals surface area contributed by atoms with Crippen molar-refractivity contribution >= 4 is 18.3 Å². The van der Waals surface area contributed by atoms with Crippen LogP contribution in [0.1, 0.15) is 44.9 Å². The van der Waals surface area contributed by atoms with Gasteiger partial charge in [0.1, 0.15) is 0 Å². The molecule has 1 heterocycles.